The molecule has 1 aliphatic carbocycles. The molecule has 2 aliphatic rings. The third-order valence-corrected chi connectivity index (χ3v) is 4.66. The molecule has 0 aromatic carbocycles. The summed E-state index contributed by atoms with van der Waals surface area (Å²) in [6.45, 7) is 3.57. The Morgan fingerprint density at radius 1 is 1.40 bits per heavy atom. The third kappa shape index (κ3) is 5.40. The molecule has 5 heteroatoms. The summed E-state index contributed by atoms with van der Waals surface area (Å²) in [4.78, 5) is 8.81. The van der Waals surface area contributed by atoms with Gasteiger partial charge in [-0.05, 0) is 43.7 Å². The average Bonchev–Trinajstić information content (AvgIpc) is 3.49. The SMILES string of the molecule is CC(/C(C=NCC1CCCCO1)=N/N)c1cncc(C#CC2CC2)c1. The van der Waals surface area contributed by atoms with E-state index in [0.29, 0.717) is 12.5 Å². The molecule has 5 nitrogen and oxygen atoms in total. The maximum absolute atomic E-state index is 5.70. The summed E-state index contributed by atoms with van der Waals surface area (Å²) in [6.07, 6.45) is 11.5. The Hall–Kier alpha value is -2.19. The standard InChI is InChI=1S/C20H26N4O/c1-15(18-10-17(11-22-12-18)8-7-16-5-6-16)20(24-21)14-23-13-19-4-2-3-9-25-19/h10-12,14-16,19H,2-6,9,13,21H2,1H3/b23-14?,24-20+. The summed E-state index contributed by atoms with van der Waals surface area (Å²) >= 11 is 0. The van der Waals surface area contributed by atoms with Crippen LogP contribution < -0.4 is 5.84 Å². The Morgan fingerprint density at radius 2 is 2.28 bits per heavy atom. The number of aromatic nitrogens is 1. The molecule has 0 amide bonds. The number of hydrazone groups is 1. The van der Waals surface area contributed by atoms with Gasteiger partial charge in [-0.15, -0.1) is 0 Å². The number of ether oxygens (including phenoxy) is 1. The van der Waals surface area contributed by atoms with Crippen LogP contribution >= 0.6 is 0 Å². The number of nitrogens with zero attached hydrogens (tertiary/aromatic N) is 3. The molecule has 2 heterocycles. The molecule has 1 aliphatic heterocycles. The summed E-state index contributed by atoms with van der Waals surface area (Å²) in [7, 11) is 0. The van der Waals surface area contributed by atoms with Crippen molar-refractivity contribution in [1.29, 1.82) is 0 Å². The Morgan fingerprint density at radius 3 is 3.00 bits per heavy atom. The third-order valence-electron chi connectivity index (χ3n) is 4.66. The van der Waals surface area contributed by atoms with Gasteiger partial charge in [0.2, 0.25) is 0 Å². The van der Waals surface area contributed by atoms with Crippen molar-refractivity contribution < 1.29 is 4.74 Å². The molecule has 3 rings (SSSR count). The second-order valence-corrected chi connectivity index (χ2v) is 6.81. The lowest BCUT2D eigenvalue weighted by atomic mass is 9.97. The van der Waals surface area contributed by atoms with Crippen LogP contribution in [-0.2, 0) is 4.74 Å². The summed E-state index contributed by atoms with van der Waals surface area (Å²) < 4.78 is 5.70. The van der Waals surface area contributed by atoms with Crippen LogP contribution in [0.2, 0.25) is 0 Å². The van der Waals surface area contributed by atoms with Crippen molar-refractivity contribution in [2.24, 2.45) is 21.9 Å². The zero-order valence-corrected chi connectivity index (χ0v) is 14.8. The van der Waals surface area contributed by atoms with Crippen LogP contribution in [0.3, 0.4) is 0 Å². The van der Waals surface area contributed by atoms with E-state index < -0.39 is 0 Å². The van der Waals surface area contributed by atoms with Gasteiger partial charge in [0.25, 0.3) is 0 Å². The van der Waals surface area contributed by atoms with Crippen molar-refractivity contribution in [2.75, 3.05) is 13.2 Å². The molecule has 0 bridgehead atoms. The average molecular weight is 338 g/mol. The van der Waals surface area contributed by atoms with E-state index in [0.717, 1.165) is 36.3 Å². The van der Waals surface area contributed by atoms with Crippen molar-refractivity contribution in [2.45, 2.75) is 51.0 Å². The van der Waals surface area contributed by atoms with Crippen LogP contribution in [-0.4, -0.2) is 36.2 Å². The molecule has 2 fully saturated rings. The first kappa shape index (κ1) is 17.6. The van der Waals surface area contributed by atoms with Gasteiger partial charge in [0, 0.05) is 42.6 Å². The first-order chi connectivity index (χ1) is 12.3. The predicted octanol–water partition coefficient (Wildman–Crippen LogP) is 2.90. The molecule has 2 unspecified atom stereocenters. The Bertz CT molecular complexity index is 691. The van der Waals surface area contributed by atoms with Gasteiger partial charge in [-0.25, -0.2) is 0 Å². The number of hydrogen-bond acceptors (Lipinski definition) is 5. The van der Waals surface area contributed by atoms with Crippen LogP contribution in [0.15, 0.2) is 28.6 Å². The minimum Gasteiger partial charge on any atom is -0.376 e. The van der Waals surface area contributed by atoms with Crippen molar-refractivity contribution in [3.63, 3.8) is 0 Å². The molecule has 0 radical (unpaired) electrons. The highest BCUT2D eigenvalue weighted by molar-refractivity contribution is 6.32. The monoisotopic (exact) mass is 338 g/mol. The fourth-order valence-electron chi connectivity index (χ4n) is 2.82. The molecular formula is C20H26N4O. The number of rotatable bonds is 5. The summed E-state index contributed by atoms with van der Waals surface area (Å²) in [6, 6.07) is 2.07. The predicted molar refractivity (Wildman–Crippen MR) is 101 cm³/mol. The fourth-order valence-corrected chi connectivity index (χ4v) is 2.82. The first-order valence-corrected chi connectivity index (χ1v) is 9.12. The molecule has 1 aromatic heterocycles. The zero-order chi connectivity index (χ0) is 17.5. The van der Waals surface area contributed by atoms with E-state index in [1.165, 1.54) is 19.3 Å². The largest absolute Gasteiger partial charge is 0.376 e. The lowest BCUT2D eigenvalue weighted by Crippen LogP contribution is -2.22. The zero-order valence-electron chi connectivity index (χ0n) is 14.8. The summed E-state index contributed by atoms with van der Waals surface area (Å²) in [5.74, 6) is 12.7. The topological polar surface area (TPSA) is 72.9 Å². The van der Waals surface area contributed by atoms with Gasteiger partial charge in [-0.2, -0.15) is 5.10 Å². The van der Waals surface area contributed by atoms with Gasteiger partial charge in [-0.1, -0.05) is 18.8 Å². The van der Waals surface area contributed by atoms with Crippen molar-refractivity contribution in [1.82, 2.24) is 4.98 Å². The highest BCUT2D eigenvalue weighted by atomic mass is 16.5. The molecule has 2 N–H and O–H groups in total. The van der Waals surface area contributed by atoms with Crippen molar-refractivity contribution >= 4 is 11.9 Å². The molecule has 1 saturated heterocycles. The van der Waals surface area contributed by atoms with Gasteiger partial charge in [0.1, 0.15) is 0 Å². The normalized spacial score (nSPS) is 22.4. The molecule has 25 heavy (non-hydrogen) atoms. The second-order valence-electron chi connectivity index (χ2n) is 6.81. The van der Waals surface area contributed by atoms with Crippen LogP contribution in [0.25, 0.3) is 0 Å². The van der Waals surface area contributed by atoms with Gasteiger partial charge in [-0.3, -0.25) is 9.98 Å². The van der Waals surface area contributed by atoms with Crippen molar-refractivity contribution in [3.8, 4) is 11.8 Å². The van der Waals surface area contributed by atoms with Crippen LogP contribution in [0.4, 0.5) is 0 Å². The maximum Gasteiger partial charge on any atom is 0.0850 e. The van der Waals surface area contributed by atoms with Crippen LogP contribution in [0.1, 0.15) is 56.1 Å². The minimum absolute atomic E-state index is 0.0243. The van der Waals surface area contributed by atoms with Crippen molar-refractivity contribution in [3.05, 3.63) is 29.6 Å². The van der Waals surface area contributed by atoms with E-state index in [2.05, 4.69) is 39.9 Å². The van der Waals surface area contributed by atoms with E-state index in [-0.39, 0.29) is 12.0 Å². The highest BCUT2D eigenvalue weighted by Crippen LogP contribution is 2.27. The van der Waals surface area contributed by atoms with E-state index in [1.54, 1.807) is 12.4 Å². The number of pyridine rings is 1. The lowest BCUT2D eigenvalue weighted by molar-refractivity contribution is 0.0226. The van der Waals surface area contributed by atoms with E-state index in [9.17, 15) is 0 Å². The molecule has 1 saturated carbocycles. The van der Waals surface area contributed by atoms with Gasteiger partial charge >= 0.3 is 0 Å². The lowest BCUT2D eigenvalue weighted by Gasteiger charge is -2.20. The van der Waals surface area contributed by atoms with E-state index in [1.807, 2.05) is 6.20 Å². The summed E-state index contributed by atoms with van der Waals surface area (Å²) in [5, 5.41) is 3.92. The molecule has 1 aromatic rings. The maximum atomic E-state index is 5.70. The van der Waals surface area contributed by atoms with Crippen LogP contribution in [0, 0.1) is 17.8 Å². The van der Waals surface area contributed by atoms with Gasteiger partial charge < -0.3 is 10.6 Å². The Balaban J connectivity index is 1.62. The molecule has 132 valence electrons. The molecule has 0 spiro atoms. The number of aliphatic imine (C=N–C) groups is 1. The number of hydrogen-bond donors (Lipinski definition) is 1. The number of nitrogens with two attached hydrogens (primary N) is 1. The highest BCUT2D eigenvalue weighted by Gasteiger charge is 2.18. The smallest absolute Gasteiger partial charge is 0.0850 e. The van der Waals surface area contributed by atoms with Gasteiger partial charge in [0.15, 0.2) is 0 Å². The summed E-state index contributed by atoms with van der Waals surface area (Å²) in [5.41, 5.74) is 2.73. The first-order valence-electron chi connectivity index (χ1n) is 9.12. The van der Waals surface area contributed by atoms with Gasteiger partial charge in [0.05, 0.1) is 18.4 Å². The Kier molecular flexibility index (Phi) is 6.19. The quantitative estimate of drug-likeness (QED) is 0.388. The minimum atomic E-state index is 0.0243. The Labute approximate surface area is 149 Å². The fraction of sp³-hybridized carbons (Fsp3) is 0.550. The molecule has 2 atom stereocenters. The second kappa shape index (κ2) is 8.77. The van der Waals surface area contributed by atoms with E-state index in [4.69, 9.17) is 10.6 Å². The molecular weight excluding hydrogens is 312 g/mol. The van der Waals surface area contributed by atoms with E-state index >= 15 is 0 Å². The van der Waals surface area contributed by atoms with Crippen LogP contribution in [0.5, 0.6) is 0 Å².